The molecule has 0 saturated carbocycles. The van der Waals surface area contributed by atoms with Crippen LogP contribution in [-0.2, 0) is 9.59 Å². The maximum Gasteiger partial charge on any atom is 0.341 e. The average Bonchev–Trinajstić information content (AvgIpc) is 2.60. The molecule has 0 spiro atoms. The molecule has 0 unspecified atom stereocenters. The number of rotatable bonds is 7. The van der Waals surface area contributed by atoms with E-state index >= 15 is 0 Å². The van der Waals surface area contributed by atoms with E-state index in [2.05, 4.69) is 18.2 Å². The van der Waals surface area contributed by atoms with Crippen molar-refractivity contribution in [1.29, 1.82) is 0 Å². The van der Waals surface area contributed by atoms with Crippen LogP contribution in [0.5, 0.6) is 5.75 Å². The van der Waals surface area contributed by atoms with Gasteiger partial charge in [-0.05, 0) is 49.7 Å². The number of carboxylic acid groups (broad SMARTS) is 1. The number of carbonyl (C=O) groups is 2. The van der Waals surface area contributed by atoms with E-state index < -0.39 is 5.97 Å². The number of ether oxygens (including phenoxy) is 1. The fraction of sp³-hybridized carbons (Fsp3) is 0.263. The van der Waals surface area contributed by atoms with Crippen LogP contribution in [0.4, 0.5) is 5.69 Å². The fourth-order valence-corrected chi connectivity index (χ4v) is 3.19. The van der Waals surface area contributed by atoms with E-state index in [1.807, 2.05) is 13.8 Å². The SMILES string of the molecule is Cc1ccc(C)c(SCC(=O)N(C)c2ccc(OCC(=O)O)cc2)c1. The van der Waals surface area contributed by atoms with Gasteiger partial charge in [0.05, 0.1) is 5.75 Å². The van der Waals surface area contributed by atoms with E-state index in [-0.39, 0.29) is 12.5 Å². The highest BCUT2D eigenvalue weighted by Gasteiger charge is 2.12. The van der Waals surface area contributed by atoms with Crippen molar-refractivity contribution < 1.29 is 19.4 Å². The summed E-state index contributed by atoms with van der Waals surface area (Å²) in [7, 11) is 1.72. The van der Waals surface area contributed by atoms with Crippen LogP contribution in [0.15, 0.2) is 47.4 Å². The van der Waals surface area contributed by atoms with E-state index in [1.54, 1.807) is 36.2 Å². The smallest absolute Gasteiger partial charge is 0.341 e. The largest absolute Gasteiger partial charge is 0.482 e. The molecule has 0 aliphatic rings. The molecule has 6 heteroatoms. The molecule has 0 bridgehead atoms. The Morgan fingerprint density at radius 1 is 1.12 bits per heavy atom. The molecule has 5 nitrogen and oxygen atoms in total. The van der Waals surface area contributed by atoms with Crippen molar-refractivity contribution in [3.05, 3.63) is 53.6 Å². The Kier molecular flexibility index (Phi) is 6.47. The number of hydrogen-bond acceptors (Lipinski definition) is 4. The quantitative estimate of drug-likeness (QED) is 0.766. The van der Waals surface area contributed by atoms with Crippen LogP contribution in [0.3, 0.4) is 0 Å². The highest BCUT2D eigenvalue weighted by molar-refractivity contribution is 8.00. The third-order valence-electron chi connectivity index (χ3n) is 3.66. The maximum atomic E-state index is 12.4. The highest BCUT2D eigenvalue weighted by Crippen LogP contribution is 2.25. The molecule has 1 N–H and O–H groups in total. The minimum absolute atomic E-state index is 0.00916. The second-order valence-corrected chi connectivity index (χ2v) is 6.70. The van der Waals surface area contributed by atoms with Crippen LogP contribution < -0.4 is 9.64 Å². The van der Waals surface area contributed by atoms with Crippen LogP contribution in [0.2, 0.25) is 0 Å². The standard InChI is InChI=1S/C19H21NO4S/c1-13-4-5-14(2)17(10-13)25-12-18(21)20(3)15-6-8-16(9-7-15)24-11-19(22)23/h4-10H,11-12H2,1-3H3,(H,22,23). The predicted octanol–water partition coefficient (Wildman–Crippen LogP) is 3.52. The molecule has 2 aromatic rings. The Labute approximate surface area is 151 Å². The zero-order valence-corrected chi connectivity index (χ0v) is 15.3. The summed E-state index contributed by atoms with van der Waals surface area (Å²) in [6.07, 6.45) is 0. The molecule has 0 aliphatic heterocycles. The Morgan fingerprint density at radius 2 is 1.80 bits per heavy atom. The molecule has 0 saturated heterocycles. The first-order valence-electron chi connectivity index (χ1n) is 7.78. The topological polar surface area (TPSA) is 66.8 Å². The van der Waals surface area contributed by atoms with Gasteiger partial charge in [-0.2, -0.15) is 0 Å². The van der Waals surface area contributed by atoms with Gasteiger partial charge >= 0.3 is 5.97 Å². The van der Waals surface area contributed by atoms with Crippen molar-refractivity contribution >= 4 is 29.3 Å². The van der Waals surface area contributed by atoms with Gasteiger partial charge in [0.2, 0.25) is 5.91 Å². The van der Waals surface area contributed by atoms with Gasteiger partial charge in [-0.1, -0.05) is 17.7 Å². The lowest BCUT2D eigenvalue weighted by Gasteiger charge is -2.18. The Bertz CT molecular complexity index is 759. The third kappa shape index (κ3) is 5.53. The Hall–Kier alpha value is -2.47. The van der Waals surface area contributed by atoms with E-state index in [0.717, 1.165) is 16.1 Å². The van der Waals surface area contributed by atoms with Gasteiger partial charge in [0.25, 0.3) is 0 Å². The zero-order chi connectivity index (χ0) is 18.4. The average molecular weight is 359 g/mol. The van der Waals surface area contributed by atoms with Crippen LogP contribution in [0.1, 0.15) is 11.1 Å². The molecule has 132 valence electrons. The first-order valence-corrected chi connectivity index (χ1v) is 8.76. The van der Waals surface area contributed by atoms with Crippen molar-refractivity contribution in [2.24, 2.45) is 0 Å². The summed E-state index contributed by atoms with van der Waals surface area (Å²) in [5, 5.41) is 8.60. The predicted molar refractivity (Wildman–Crippen MR) is 99.6 cm³/mol. The first kappa shape index (κ1) is 18.9. The van der Waals surface area contributed by atoms with Gasteiger partial charge in [-0.3, -0.25) is 4.79 Å². The zero-order valence-electron chi connectivity index (χ0n) is 14.5. The lowest BCUT2D eigenvalue weighted by molar-refractivity contribution is -0.139. The van der Waals surface area contributed by atoms with Crippen LogP contribution in [-0.4, -0.2) is 36.4 Å². The molecule has 2 aromatic carbocycles. The van der Waals surface area contributed by atoms with E-state index in [9.17, 15) is 9.59 Å². The molecule has 25 heavy (non-hydrogen) atoms. The van der Waals surface area contributed by atoms with E-state index in [0.29, 0.717) is 11.5 Å². The summed E-state index contributed by atoms with van der Waals surface area (Å²) in [6.45, 7) is 3.68. The molecular formula is C19H21NO4S. The van der Waals surface area contributed by atoms with E-state index in [4.69, 9.17) is 9.84 Å². The first-order chi connectivity index (χ1) is 11.9. The normalized spacial score (nSPS) is 10.4. The number of hydrogen-bond donors (Lipinski definition) is 1. The second-order valence-electron chi connectivity index (χ2n) is 5.69. The summed E-state index contributed by atoms with van der Waals surface area (Å²) in [5.74, 6) is -0.236. The van der Waals surface area contributed by atoms with Crippen molar-refractivity contribution in [1.82, 2.24) is 0 Å². The number of amides is 1. The van der Waals surface area contributed by atoms with E-state index in [1.165, 1.54) is 17.3 Å². The van der Waals surface area contributed by atoms with Crippen LogP contribution >= 0.6 is 11.8 Å². The third-order valence-corrected chi connectivity index (χ3v) is 4.80. The molecule has 0 heterocycles. The minimum Gasteiger partial charge on any atom is -0.482 e. The molecular weight excluding hydrogens is 338 g/mol. The summed E-state index contributed by atoms with van der Waals surface area (Å²) in [6, 6.07) is 13.0. The number of aliphatic carboxylic acids is 1. The minimum atomic E-state index is -1.03. The fourth-order valence-electron chi connectivity index (χ4n) is 2.15. The number of thioether (sulfide) groups is 1. The molecule has 2 rings (SSSR count). The number of carboxylic acids is 1. The summed E-state index contributed by atoms with van der Waals surface area (Å²) >= 11 is 1.53. The lowest BCUT2D eigenvalue weighted by atomic mass is 10.2. The number of aryl methyl sites for hydroxylation is 2. The van der Waals surface area contributed by atoms with Crippen molar-refractivity contribution in [3.8, 4) is 5.75 Å². The molecule has 0 aromatic heterocycles. The molecule has 0 radical (unpaired) electrons. The summed E-state index contributed by atoms with van der Waals surface area (Å²) < 4.78 is 5.09. The maximum absolute atomic E-state index is 12.4. The van der Waals surface area contributed by atoms with Crippen LogP contribution in [0, 0.1) is 13.8 Å². The monoisotopic (exact) mass is 359 g/mol. The van der Waals surface area contributed by atoms with Gasteiger partial charge in [0, 0.05) is 17.6 Å². The lowest BCUT2D eigenvalue weighted by Crippen LogP contribution is -2.27. The van der Waals surface area contributed by atoms with Gasteiger partial charge < -0.3 is 14.7 Å². The van der Waals surface area contributed by atoms with Crippen molar-refractivity contribution in [2.75, 3.05) is 24.3 Å². The van der Waals surface area contributed by atoms with Crippen molar-refractivity contribution in [2.45, 2.75) is 18.7 Å². The van der Waals surface area contributed by atoms with Gasteiger partial charge in [0.15, 0.2) is 6.61 Å². The second kappa shape index (κ2) is 8.58. The van der Waals surface area contributed by atoms with Crippen molar-refractivity contribution in [3.63, 3.8) is 0 Å². The van der Waals surface area contributed by atoms with Gasteiger partial charge in [-0.25, -0.2) is 4.79 Å². The van der Waals surface area contributed by atoms with Crippen LogP contribution in [0.25, 0.3) is 0 Å². The summed E-state index contributed by atoms with van der Waals surface area (Å²) in [4.78, 5) is 25.6. The Morgan fingerprint density at radius 3 is 2.44 bits per heavy atom. The number of carbonyl (C=O) groups excluding carboxylic acids is 1. The van der Waals surface area contributed by atoms with Gasteiger partial charge in [0.1, 0.15) is 5.75 Å². The number of anilines is 1. The molecule has 0 fully saturated rings. The number of benzene rings is 2. The Balaban J connectivity index is 1.95. The molecule has 1 amide bonds. The summed E-state index contributed by atoms with van der Waals surface area (Å²) in [5.41, 5.74) is 3.06. The number of nitrogens with zero attached hydrogens (tertiary/aromatic N) is 1. The molecule has 0 atom stereocenters. The highest BCUT2D eigenvalue weighted by atomic mass is 32.2. The molecule has 0 aliphatic carbocycles. The van der Waals surface area contributed by atoms with Gasteiger partial charge in [-0.15, -0.1) is 11.8 Å².